The third-order valence-electron chi connectivity index (χ3n) is 2.05. The van der Waals surface area contributed by atoms with E-state index in [1.54, 1.807) is 12.1 Å². The van der Waals surface area contributed by atoms with Gasteiger partial charge in [-0.3, -0.25) is 15.1 Å². The molecule has 0 saturated heterocycles. The highest BCUT2D eigenvalue weighted by atomic mass is 16.6. The first-order chi connectivity index (χ1) is 8.56. The van der Waals surface area contributed by atoms with Crippen molar-refractivity contribution in [3.8, 4) is 11.6 Å². The molecular formula is C10H9N5O3. The molecule has 0 fully saturated rings. The van der Waals surface area contributed by atoms with Gasteiger partial charge in [-0.2, -0.15) is 4.98 Å². The van der Waals surface area contributed by atoms with Crippen LogP contribution in [-0.2, 0) is 0 Å². The van der Waals surface area contributed by atoms with Crippen molar-refractivity contribution in [3.63, 3.8) is 0 Å². The van der Waals surface area contributed by atoms with Crippen molar-refractivity contribution in [1.29, 1.82) is 0 Å². The van der Waals surface area contributed by atoms with E-state index in [2.05, 4.69) is 15.0 Å². The molecular weight excluding hydrogens is 238 g/mol. The van der Waals surface area contributed by atoms with E-state index in [0.29, 0.717) is 5.75 Å². The number of rotatable bonds is 3. The van der Waals surface area contributed by atoms with Gasteiger partial charge in [-0.15, -0.1) is 0 Å². The Balaban J connectivity index is 2.35. The molecule has 0 aliphatic carbocycles. The van der Waals surface area contributed by atoms with Crippen LogP contribution in [0.3, 0.4) is 0 Å². The van der Waals surface area contributed by atoms with Crippen LogP contribution in [-0.4, -0.2) is 19.9 Å². The van der Waals surface area contributed by atoms with Gasteiger partial charge < -0.3 is 10.5 Å². The summed E-state index contributed by atoms with van der Waals surface area (Å²) < 4.78 is 5.27. The zero-order valence-electron chi connectivity index (χ0n) is 9.40. The van der Waals surface area contributed by atoms with Crippen LogP contribution in [0.25, 0.3) is 0 Å². The fourth-order valence-corrected chi connectivity index (χ4v) is 1.20. The second-order valence-corrected chi connectivity index (χ2v) is 3.41. The number of nitrogens with two attached hydrogens (primary N) is 1. The van der Waals surface area contributed by atoms with Crippen molar-refractivity contribution in [2.45, 2.75) is 6.92 Å². The van der Waals surface area contributed by atoms with E-state index in [1.807, 2.05) is 6.92 Å². The van der Waals surface area contributed by atoms with Crippen LogP contribution in [0.5, 0.6) is 11.6 Å². The third kappa shape index (κ3) is 2.48. The molecule has 18 heavy (non-hydrogen) atoms. The van der Waals surface area contributed by atoms with Gasteiger partial charge in [-0.1, -0.05) is 0 Å². The minimum Gasteiger partial charge on any atom is -0.432 e. The fraction of sp³-hybridized carbons (Fsp3) is 0.100. The van der Waals surface area contributed by atoms with Crippen molar-refractivity contribution in [3.05, 3.63) is 40.3 Å². The quantitative estimate of drug-likeness (QED) is 0.644. The maximum atomic E-state index is 10.8. The molecule has 2 aromatic heterocycles. The van der Waals surface area contributed by atoms with Crippen molar-refractivity contribution >= 4 is 11.6 Å². The molecule has 0 atom stereocenters. The molecule has 2 heterocycles. The average Bonchev–Trinajstić information content (AvgIpc) is 2.32. The Bertz CT molecular complexity index is 585. The summed E-state index contributed by atoms with van der Waals surface area (Å²) in [6.07, 6.45) is 2.44. The summed E-state index contributed by atoms with van der Waals surface area (Å²) in [6.45, 7) is 1.81. The van der Waals surface area contributed by atoms with Gasteiger partial charge >= 0.3 is 11.6 Å². The first-order valence-electron chi connectivity index (χ1n) is 4.93. The summed E-state index contributed by atoms with van der Waals surface area (Å²) in [7, 11) is 0. The Hall–Kier alpha value is -2.77. The molecule has 8 nitrogen and oxygen atoms in total. The molecule has 2 aromatic rings. The summed E-state index contributed by atoms with van der Waals surface area (Å²) in [5.74, 6) is 0.0237. The van der Waals surface area contributed by atoms with E-state index in [0.717, 1.165) is 11.9 Å². The number of pyridine rings is 1. The molecule has 0 aliphatic heterocycles. The minimum atomic E-state index is -0.642. The van der Waals surface area contributed by atoms with Gasteiger partial charge in [0.25, 0.3) is 0 Å². The Morgan fingerprint density at radius 1 is 1.33 bits per heavy atom. The lowest BCUT2D eigenvalue weighted by molar-refractivity contribution is -0.386. The molecule has 0 radical (unpaired) electrons. The number of hydrogen-bond donors (Lipinski definition) is 1. The Kier molecular flexibility index (Phi) is 3.00. The zero-order valence-corrected chi connectivity index (χ0v) is 9.40. The molecule has 0 amide bonds. The lowest BCUT2D eigenvalue weighted by Gasteiger charge is -2.05. The number of nitrogen functional groups attached to an aromatic ring is 1. The maximum absolute atomic E-state index is 10.8. The summed E-state index contributed by atoms with van der Waals surface area (Å²) in [5.41, 5.74) is 5.81. The van der Waals surface area contributed by atoms with Crippen LogP contribution in [0, 0.1) is 17.0 Å². The largest absolute Gasteiger partial charge is 0.432 e. The molecule has 0 aromatic carbocycles. The predicted molar refractivity (Wildman–Crippen MR) is 62.1 cm³/mol. The Labute approximate surface area is 102 Å². The van der Waals surface area contributed by atoms with Gasteiger partial charge in [0, 0.05) is 5.69 Å². The number of anilines is 1. The van der Waals surface area contributed by atoms with Gasteiger partial charge in [0.15, 0.2) is 0 Å². The van der Waals surface area contributed by atoms with Crippen molar-refractivity contribution in [2.75, 3.05) is 5.73 Å². The van der Waals surface area contributed by atoms with Crippen molar-refractivity contribution in [1.82, 2.24) is 15.0 Å². The number of nitrogens with zero attached hydrogens (tertiary/aromatic N) is 4. The lowest BCUT2D eigenvalue weighted by Crippen LogP contribution is -2.01. The molecule has 0 bridgehead atoms. The van der Waals surface area contributed by atoms with Crippen LogP contribution < -0.4 is 10.5 Å². The Morgan fingerprint density at radius 2 is 2.11 bits per heavy atom. The van der Waals surface area contributed by atoms with Gasteiger partial charge in [0.1, 0.15) is 11.9 Å². The molecule has 2 rings (SSSR count). The van der Waals surface area contributed by atoms with E-state index in [9.17, 15) is 10.1 Å². The van der Waals surface area contributed by atoms with Gasteiger partial charge in [0.2, 0.25) is 5.95 Å². The SMILES string of the molecule is Cc1ccc(Oc2nc(N)ncc2[N+](=O)[O-])cn1. The van der Waals surface area contributed by atoms with E-state index >= 15 is 0 Å². The molecule has 0 aliphatic rings. The fourth-order valence-electron chi connectivity index (χ4n) is 1.20. The number of aromatic nitrogens is 3. The van der Waals surface area contributed by atoms with Crippen LogP contribution in [0.1, 0.15) is 5.69 Å². The van der Waals surface area contributed by atoms with Gasteiger partial charge in [-0.05, 0) is 19.1 Å². The van der Waals surface area contributed by atoms with E-state index < -0.39 is 4.92 Å². The molecule has 0 spiro atoms. The van der Waals surface area contributed by atoms with E-state index in [-0.39, 0.29) is 17.5 Å². The normalized spacial score (nSPS) is 10.1. The standard InChI is InChI=1S/C10H9N5O3/c1-6-2-3-7(4-12-6)18-9-8(15(16)17)5-13-10(11)14-9/h2-5H,1H3,(H2,11,13,14). The molecule has 0 unspecified atom stereocenters. The van der Waals surface area contributed by atoms with Gasteiger partial charge in [-0.25, -0.2) is 4.98 Å². The van der Waals surface area contributed by atoms with Gasteiger partial charge in [0.05, 0.1) is 11.1 Å². The summed E-state index contributed by atoms with van der Waals surface area (Å²) in [5, 5.41) is 10.8. The summed E-state index contributed by atoms with van der Waals surface area (Å²) in [4.78, 5) is 21.4. The molecule has 0 saturated carbocycles. The van der Waals surface area contributed by atoms with E-state index in [4.69, 9.17) is 10.5 Å². The smallest absolute Gasteiger partial charge is 0.349 e. The number of hydrogen-bond acceptors (Lipinski definition) is 7. The maximum Gasteiger partial charge on any atom is 0.349 e. The van der Waals surface area contributed by atoms with Crippen molar-refractivity contribution < 1.29 is 9.66 Å². The third-order valence-corrected chi connectivity index (χ3v) is 2.05. The highest BCUT2D eigenvalue weighted by molar-refractivity contribution is 5.43. The predicted octanol–water partition coefficient (Wildman–Crippen LogP) is 1.46. The van der Waals surface area contributed by atoms with Crippen LogP contribution in [0.4, 0.5) is 11.6 Å². The second-order valence-electron chi connectivity index (χ2n) is 3.41. The molecule has 8 heteroatoms. The average molecular weight is 247 g/mol. The second kappa shape index (κ2) is 4.62. The minimum absolute atomic E-state index is 0.101. The zero-order chi connectivity index (χ0) is 13.1. The first-order valence-corrected chi connectivity index (χ1v) is 4.93. The monoisotopic (exact) mass is 247 g/mol. The van der Waals surface area contributed by atoms with E-state index in [1.165, 1.54) is 6.20 Å². The van der Waals surface area contributed by atoms with Crippen LogP contribution in [0.15, 0.2) is 24.5 Å². The van der Waals surface area contributed by atoms with Crippen molar-refractivity contribution in [2.24, 2.45) is 0 Å². The highest BCUT2D eigenvalue weighted by Crippen LogP contribution is 2.28. The summed E-state index contributed by atoms with van der Waals surface area (Å²) in [6, 6.07) is 3.34. The molecule has 2 N–H and O–H groups in total. The lowest BCUT2D eigenvalue weighted by atomic mass is 10.4. The van der Waals surface area contributed by atoms with Crippen LogP contribution >= 0.6 is 0 Å². The highest BCUT2D eigenvalue weighted by Gasteiger charge is 2.19. The summed E-state index contributed by atoms with van der Waals surface area (Å²) >= 11 is 0. The number of aryl methyl sites for hydroxylation is 1. The first kappa shape index (κ1) is 11.7. The van der Waals surface area contributed by atoms with Crippen LogP contribution in [0.2, 0.25) is 0 Å². The number of ether oxygens (including phenoxy) is 1. The Morgan fingerprint density at radius 3 is 2.72 bits per heavy atom. The topological polar surface area (TPSA) is 117 Å². The number of nitro groups is 1. The molecule has 92 valence electrons.